The maximum Gasteiger partial charge on any atom is 0.124 e. The van der Waals surface area contributed by atoms with Crippen molar-refractivity contribution in [3.8, 4) is 21.8 Å². The minimum atomic E-state index is 0.329. The first-order valence-electron chi connectivity index (χ1n) is 8.27. The van der Waals surface area contributed by atoms with Gasteiger partial charge in [-0.15, -0.1) is 11.3 Å². The van der Waals surface area contributed by atoms with Crippen molar-refractivity contribution in [2.45, 2.75) is 18.9 Å². The van der Waals surface area contributed by atoms with E-state index in [1.165, 1.54) is 5.69 Å². The smallest absolute Gasteiger partial charge is 0.124 e. The van der Waals surface area contributed by atoms with Gasteiger partial charge in [0.2, 0.25) is 0 Å². The van der Waals surface area contributed by atoms with Crippen LogP contribution < -0.4 is 10.6 Å². The molecule has 0 atom stereocenters. The Hall–Kier alpha value is -2.24. The van der Waals surface area contributed by atoms with Crippen molar-refractivity contribution >= 4 is 17.0 Å². The lowest BCUT2D eigenvalue weighted by Crippen LogP contribution is -2.39. The molecule has 3 aromatic rings. The molecule has 4 nitrogen and oxygen atoms in total. The highest BCUT2D eigenvalue weighted by molar-refractivity contribution is 7.13. The minimum absolute atomic E-state index is 0.329. The zero-order chi connectivity index (χ0) is 16.4. The van der Waals surface area contributed by atoms with Gasteiger partial charge in [-0.3, -0.25) is 4.98 Å². The van der Waals surface area contributed by atoms with E-state index in [9.17, 15) is 0 Å². The molecule has 24 heavy (non-hydrogen) atoms. The molecule has 0 radical (unpaired) electrons. The molecule has 0 bridgehead atoms. The summed E-state index contributed by atoms with van der Waals surface area (Å²) in [5.74, 6) is 0. The first kappa shape index (κ1) is 15.3. The molecule has 1 saturated heterocycles. The van der Waals surface area contributed by atoms with Crippen molar-refractivity contribution in [3.63, 3.8) is 0 Å². The lowest BCUT2D eigenvalue weighted by molar-refractivity contribution is 0.501. The van der Waals surface area contributed by atoms with Crippen LogP contribution >= 0.6 is 11.3 Å². The normalized spacial score (nSPS) is 15.6. The first-order chi connectivity index (χ1) is 11.8. The van der Waals surface area contributed by atoms with Gasteiger partial charge >= 0.3 is 0 Å². The van der Waals surface area contributed by atoms with E-state index in [1.54, 1.807) is 11.3 Å². The molecule has 122 valence electrons. The molecule has 5 heteroatoms. The molecule has 2 N–H and O–H groups in total. The number of nitrogens with two attached hydrogens (primary N) is 1. The van der Waals surface area contributed by atoms with Crippen LogP contribution in [0.25, 0.3) is 21.8 Å². The molecule has 4 rings (SSSR count). The Balaban J connectivity index is 1.67. The molecule has 0 unspecified atom stereocenters. The van der Waals surface area contributed by atoms with Gasteiger partial charge in [0.05, 0.1) is 5.69 Å². The maximum absolute atomic E-state index is 6.04. The number of benzene rings is 1. The lowest BCUT2D eigenvalue weighted by Gasteiger charge is -2.33. The summed E-state index contributed by atoms with van der Waals surface area (Å²) in [6.07, 6.45) is 5.85. The minimum Gasteiger partial charge on any atom is -0.371 e. The predicted molar refractivity (Wildman–Crippen MR) is 100 cm³/mol. The zero-order valence-corrected chi connectivity index (χ0v) is 14.2. The number of nitrogens with zero attached hydrogens (tertiary/aromatic N) is 3. The van der Waals surface area contributed by atoms with Crippen LogP contribution in [0.15, 0.2) is 54.2 Å². The fourth-order valence-corrected chi connectivity index (χ4v) is 3.94. The second kappa shape index (κ2) is 6.71. The Bertz CT molecular complexity index is 807. The highest BCUT2D eigenvalue weighted by Crippen LogP contribution is 2.34. The van der Waals surface area contributed by atoms with E-state index in [0.29, 0.717) is 6.04 Å². The summed E-state index contributed by atoms with van der Waals surface area (Å²) in [7, 11) is 0. The molecule has 1 aliphatic rings. The highest BCUT2D eigenvalue weighted by atomic mass is 32.1. The summed E-state index contributed by atoms with van der Waals surface area (Å²) in [5, 5.41) is 3.17. The van der Waals surface area contributed by atoms with Crippen molar-refractivity contribution in [2.75, 3.05) is 18.0 Å². The Morgan fingerprint density at radius 2 is 1.88 bits per heavy atom. The van der Waals surface area contributed by atoms with Crippen LogP contribution in [0.3, 0.4) is 0 Å². The second-order valence-electron chi connectivity index (χ2n) is 6.12. The van der Waals surface area contributed by atoms with E-state index in [0.717, 1.165) is 47.8 Å². The van der Waals surface area contributed by atoms with Crippen molar-refractivity contribution in [2.24, 2.45) is 5.73 Å². The van der Waals surface area contributed by atoms with Crippen LogP contribution in [-0.2, 0) is 0 Å². The standard InChI is InChI=1S/C19H20N4S/c20-15-7-10-23(11-8-15)18-6-9-21-12-16(18)17-13-24-19(22-17)14-4-2-1-3-5-14/h1-6,9,12-13,15H,7-8,10-11,20H2. The molecule has 2 aromatic heterocycles. The van der Waals surface area contributed by atoms with Crippen molar-refractivity contribution in [1.82, 2.24) is 9.97 Å². The van der Waals surface area contributed by atoms with Crippen LogP contribution in [0.2, 0.25) is 0 Å². The Morgan fingerprint density at radius 3 is 2.67 bits per heavy atom. The molecule has 0 aliphatic carbocycles. The van der Waals surface area contributed by atoms with Crippen molar-refractivity contribution in [3.05, 3.63) is 54.2 Å². The van der Waals surface area contributed by atoms with Crippen LogP contribution in [-0.4, -0.2) is 29.1 Å². The van der Waals surface area contributed by atoms with Crippen LogP contribution in [0, 0.1) is 0 Å². The van der Waals surface area contributed by atoms with Gasteiger partial charge in [0.25, 0.3) is 0 Å². The molecule has 3 heterocycles. The summed E-state index contributed by atoms with van der Waals surface area (Å²) in [4.78, 5) is 11.6. The third-order valence-corrected chi connectivity index (χ3v) is 5.37. The van der Waals surface area contributed by atoms with E-state index in [-0.39, 0.29) is 0 Å². The summed E-state index contributed by atoms with van der Waals surface area (Å²) in [6, 6.07) is 12.7. The number of hydrogen-bond acceptors (Lipinski definition) is 5. The number of rotatable bonds is 3. The SMILES string of the molecule is NC1CCN(c2ccncc2-c2csc(-c3ccccc3)n2)CC1. The fourth-order valence-electron chi connectivity index (χ4n) is 3.11. The number of aromatic nitrogens is 2. The van der Waals surface area contributed by atoms with Gasteiger partial charge in [0.15, 0.2) is 0 Å². The number of hydrogen-bond donors (Lipinski definition) is 1. The van der Waals surface area contributed by atoms with Gasteiger partial charge in [-0.2, -0.15) is 0 Å². The topological polar surface area (TPSA) is 55.0 Å². The van der Waals surface area contributed by atoms with E-state index >= 15 is 0 Å². The summed E-state index contributed by atoms with van der Waals surface area (Å²) >= 11 is 1.68. The Labute approximate surface area is 146 Å². The Kier molecular flexibility index (Phi) is 4.28. The van der Waals surface area contributed by atoms with Gasteiger partial charge in [-0.25, -0.2) is 4.98 Å². The molecule has 0 saturated carbocycles. The number of piperidine rings is 1. The molecule has 0 amide bonds. The number of pyridine rings is 1. The van der Waals surface area contributed by atoms with Gasteiger partial charge in [0, 0.05) is 53.7 Å². The van der Waals surface area contributed by atoms with E-state index in [1.807, 2.05) is 30.6 Å². The quantitative estimate of drug-likeness (QED) is 0.790. The average molecular weight is 336 g/mol. The van der Waals surface area contributed by atoms with Gasteiger partial charge in [-0.05, 0) is 18.9 Å². The first-order valence-corrected chi connectivity index (χ1v) is 9.15. The molecule has 1 aliphatic heterocycles. The maximum atomic E-state index is 6.04. The van der Waals surface area contributed by atoms with Gasteiger partial charge in [0.1, 0.15) is 5.01 Å². The van der Waals surface area contributed by atoms with Crippen molar-refractivity contribution in [1.29, 1.82) is 0 Å². The largest absolute Gasteiger partial charge is 0.371 e. The van der Waals surface area contributed by atoms with Crippen LogP contribution in [0.5, 0.6) is 0 Å². The Morgan fingerprint density at radius 1 is 1.08 bits per heavy atom. The van der Waals surface area contributed by atoms with E-state index < -0.39 is 0 Å². The molecular formula is C19H20N4S. The third kappa shape index (κ3) is 3.05. The summed E-state index contributed by atoms with van der Waals surface area (Å²) < 4.78 is 0. The van der Waals surface area contributed by atoms with E-state index in [2.05, 4.69) is 33.5 Å². The number of thiazole rings is 1. The molecule has 0 spiro atoms. The monoisotopic (exact) mass is 336 g/mol. The average Bonchev–Trinajstić information content (AvgIpc) is 3.13. The molecular weight excluding hydrogens is 316 g/mol. The molecule has 1 aromatic carbocycles. The number of anilines is 1. The predicted octanol–water partition coefficient (Wildman–Crippen LogP) is 3.80. The summed E-state index contributed by atoms with van der Waals surface area (Å²) in [5.41, 5.74) is 10.5. The van der Waals surface area contributed by atoms with E-state index in [4.69, 9.17) is 10.7 Å². The molecule has 1 fully saturated rings. The zero-order valence-electron chi connectivity index (χ0n) is 13.4. The van der Waals surface area contributed by atoms with Crippen LogP contribution in [0.4, 0.5) is 5.69 Å². The third-order valence-electron chi connectivity index (χ3n) is 4.48. The van der Waals surface area contributed by atoms with Gasteiger partial charge in [-0.1, -0.05) is 30.3 Å². The lowest BCUT2D eigenvalue weighted by atomic mass is 10.0. The van der Waals surface area contributed by atoms with Crippen molar-refractivity contribution < 1.29 is 0 Å². The fraction of sp³-hybridized carbons (Fsp3) is 0.263. The second-order valence-corrected chi connectivity index (χ2v) is 6.98. The van der Waals surface area contributed by atoms with Gasteiger partial charge < -0.3 is 10.6 Å². The van der Waals surface area contributed by atoms with Crippen LogP contribution in [0.1, 0.15) is 12.8 Å². The summed E-state index contributed by atoms with van der Waals surface area (Å²) in [6.45, 7) is 1.99. The highest BCUT2D eigenvalue weighted by Gasteiger charge is 2.20.